The molecule has 46 heavy (non-hydrogen) atoms. The van der Waals surface area contributed by atoms with Crippen LogP contribution in [-0.2, 0) is 16.1 Å². The van der Waals surface area contributed by atoms with Crippen molar-refractivity contribution in [3.8, 4) is 17.2 Å². The maximum atomic E-state index is 14.0. The first kappa shape index (κ1) is 32.0. The van der Waals surface area contributed by atoms with Crippen molar-refractivity contribution >= 4 is 29.4 Å². The highest BCUT2D eigenvalue weighted by atomic mass is 32.1. The Morgan fingerprint density at radius 2 is 1.85 bits per heavy atom. The molecule has 3 aromatic carbocycles. The van der Waals surface area contributed by atoms with Crippen LogP contribution < -0.4 is 29.1 Å². The molecule has 0 aliphatic carbocycles. The molecule has 1 atom stereocenters. The fourth-order valence-corrected chi connectivity index (χ4v) is 6.05. The zero-order valence-corrected chi connectivity index (χ0v) is 26.3. The van der Waals surface area contributed by atoms with Crippen molar-refractivity contribution in [3.05, 3.63) is 133 Å². The number of benzene rings is 3. The van der Waals surface area contributed by atoms with E-state index in [9.17, 15) is 19.5 Å². The van der Waals surface area contributed by atoms with Gasteiger partial charge in [0.15, 0.2) is 16.3 Å². The normalized spacial score (nSPS) is 14.2. The van der Waals surface area contributed by atoms with Gasteiger partial charge in [0.05, 0.1) is 41.1 Å². The molecule has 0 spiro atoms. The second kappa shape index (κ2) is 14.1. The van der Waals surface area contributed by atoms with E-state index in [0.29, 0.717) is 55.6 Å². The second-order valence-electron chi connectivity index (χ2n) is 10.2. The van der Waals surface area contributed by atoms with E-state index in [1.165, 1.54) is 29.1 Å². The van der Waals surface area contributed by atoms with E-state index in [1.54, 1.807) is 74.5 Å². The molecule has 0 radical (unpaired) electrons. The van der Waals surface area contributed by atoms with Crippen LogP contribution in [0, 0.1) is 0 Å². The summed E-state index contributed by atoms with van der Waals surface area (Å²) in [6.07, 6.45) is 3.38. The molecule has 11 heteroatoms. The van der Waals surface area contributed by atoms with Crippen molar-refractivity contribution in [2.24, 2.45) is 4.99 Å². The van der Waals surface area contributed by atoms with Crippen LogP contribution in [0.3, 0.4) is 0 Å². The number of allylic oxidation sites excluding steroid dienone is 1. The minimum absolute atomic E-state index is 0.138. The van der Waals surface area contributed by atoms with Gasteiger partial charge in [-0.25, -0.2) is 14.6 Å². The summed E-state index contributed by atoms with van der Waals surface area (Å²) in [4.78, 5) is 43.5. The third kappa shape index (κ3) is 6.79. The number of carbonyl (C=O) groups is 2. The van der Waals surface area contributed by atoms with Gasteiger partial charge in [-0.2, -0.15) is 0 Å². The number of rotatable bonds is 12. The standard InChI is InChI=1S/C35H32N2O8S/c1-5-16-44-26-13-11-24(12-14-26)31-30(34(41)43-6-2)21(3)36-35-37(31)32(38)29(46-35)19-22-10-15-27(28(18-22)42-4)45-20-23-8-7-9-25(17-23)33(39)40/h5,7-15,17-19,31H,1,6,16,20H2,2-4H3,(H,39,40)/b29-19-/t31-/m1/s1. The smallest absolute Gasteiger partial charge is 0.338 e. The molecule has 1 aromatic heterocycles. The number of carboxylic acids is 1. The maximum absolute atomic E-state index is 14.0. The van der Waals surface area contributed by atoms with Gasteiger partial charge in [0.2, 0.25) is 0 Å². The Morgan fingerprint density at radius 3 is 2.54 bits per heavy atom. The van der Waals surface area contributed by atoms with Crippen molar-refractivity contribution in [1.29, 1.82) is 0 Å². The number of aromatic nitrogens is 1. The first-order chi connectivity index (χ1) is 22.2. The van der Waals surface area contributed by atoms with Gasteiger partial charge in [0.1, 0.15) is 19.0 Å². The zero-order chi connectivity index (χ0) is 32.8. The van der Waals surface area contributed by atoms with Crippen molar-refractivity contribution in [3.63, 3.8) is 0 Å². The summed E-state index contributed by atoms with van der Waals surface area (Å²) < 4.78 is 24.4. The van der Waals surface area contributed by atoms with Gasteiger partial charge >= 0.3 is 11.9 Å². The summed E-state index contributed by atoms with van der Waals surface area (Å²) >= 11 is 1.22. The van der Waals surface area contributed by atoms with Crippen LogP contribution in [0.5, 0.6) is 17.2 Å². The summed E-state index contributed by atoms with van der Waals surface area (Å²) in [6.45, 7) is 7.79. The SMILES string of the molecule is C=CCOc1ccc([C@@H]2C(C(=O)OCC)=C(C)N=c3s/c(=C\c4ccc(OCc5cccc(C(=O)O)c5)c(OC)c4)c(=O)n32)cc1. The predicted molar refractivity (Wildman–Crippen MR) is 173 cm³/mol. The maximum Gasteiger partial charge on any atom is 0.338 e. The van der Waals surface area contributed by atoms with Crippen LogP contribution >= 0.6 is 11.3 Å². The largest absolute Gasteiger partial charge is 0.493 e. The van der Waals surface area contributed by atoms with Gasteiger partial charge in [-0.05, 0) is 73.0 Å². The highest BCUT2D eigenvalue weighted by Crippen LogP contribution is 2.32. The molecule has 0 saturated carbocycles. The summed E-state index contributed by atoms with van der Waals surface area (Å²) in [7, 11) is 1.51. The van der Waals surface area contributed by atoms with Crippen LogP contribution in [0.15, 0.2) is 100 Å². The van der Waals surface area contributed by atoms with Crippen molar-refractivity contribution in [2.45, 2.75) is 26.5 Å². The lowest BCUT2D eigenvalue weighted by atomic mass is 9.96. The molecule has 2 heterocycles. The summed E-state index contributed by atoms with van der Waals surface area (Å²) in [5.74, 6) is -0.0286. The molecule has 1 aliphatic heterocycles. The number of nitrogens with zero attached hydrogens (tertiary/aromatic N) is 2. The van der Waals surface area contributed by atoms with Crippen LogP contribution in [-0.4, -0.2) is 41.9 Å². The Hall–Kier alpha value is -5.42. The third-order valence-electron chi connectivity index (χ3n) is 7.13. The number of methoxy groups -OCH3 is 1. The van der Waals surface area contributed by atoms with E-state index in [-0.39, 0.29) is 29.9 Å². The molecule has 4 aromatic rings. The van der Waals surface area contributed by atoms with Crippen molar-refractivity contribution < 1.29 is 33.6 Å². The fraction of sp³-hybridized carbons (Fsp3) is 0.200. The van der Waals surface area contributed by atoms with Crippen molar-refractivity contribution in [2.75, 3.05) is 20.3 Å². The number of thiazole rings is 1. The molecule has 0 bridgehead atoms. The first-order valence-corrected chi connectivity index (χ1v) is 15.2. The molecule has 0 fully saturated rings. The lowest BCUT2D eigenvalue weighted by molar-refractivity contribution is -0.139. The number of ether oxygens (including phenoxy) is 4. The number of carbonyl (C=O) groups excluding carboxylic acids is 1. The van der Waals surface area contributed by atoms with Gasteiger partial charge in [0.25, 0.3) is 5.56 Å². The Morgan fingerprint density at radius 1 is 1.07 bits per heavy atom. The molecule has 236 valence electrons. The Kier molecular flexibility index (Phi) is 9.82. The van der Waals surface area contributed by atoms with E-state index >= 15 is 0 Å². The molecule has 1 aliphatic rings. The van der Waals surface area contributed by atoms with E-state index in [0.717, 1.165) is 0 Å². The van der Waals surface area contributed by atoms with Gasteiger partial charge in [-0.1, -0.05) is 54.3 Å². The van der Waals surface area contributed by atoms with Gasteiger partial charge in [0, 0.05) is 0 Å². The van der Waals surface area contributed by atoms with E-state index in [2.05, 4.69) is 11.6 Å². The van der Waals surface area contributed by atoms with Gasteiger partial charge in [-0.15, -0.1) is 0 Å². The molecule has 0 unspecified atom stereocenters. The molecule has 1 N–H and O–H groups in total. The predicted octanol–water partition coefficient (Wildman–Crippen LogP) is 4.65. The zero-order valence-electron chi connectivity index (χ0n) is 25.5. The molecule has 10 nitrogen and oxygen atoms in total. The van der Waals surface area contributed by atoms with Gasteiger partial charge < -0.3 is 24.1 Å². The van der Waals surface area contributed by atoms with Crippen LogP contribution in [0.1, 0.15) is 46.9 Å². The monoisotopic (exact) mass is 640 g/mol. The molecule has 5 rings (SSSR count). The second-order valence-corrected chi connectivity index (χ2v) is 11.2. The van der Waals surface area contributed by atoms with Crippen molar-refractivity contribution in [1.82, 2.24) is 4.57 Å². The topological polar surface area (TPSA) is 126 Å². The molecule has 0 amide bonds. The summed E-state index contributed by atoms with van der Waals surface area (Å²) in [6, 6.07) is 18.2. The number of fused-ring (bicyclic) bond motifs is 1. The van der Waals surface area contributed by atoms with Crippen LogP contribution in [0.2, 0.25) is 0 Å². The Balaban J connectivity index is 1.50. The Labute approximate surface area is 268 Å². The Bertz CT molecular complexity index is 2010. The van der Waals surface area contributed by atoms with Gasteiger partial charge in [-0.3, -0.25) is 9.36 Å². The summed E-state index contributed by atoms with van der Waals surface area (Å²) in [5, 5.41) is 9.26. The highest BCUT2D eigenvalue weighted by molar-refractivity contribution is 7.07. The van der Waals surface area contributed by atoms with Crippen LogP contribution in [0.4, 0.5) is 0 Å². The van der Waals surface area contributed by atoms with Crippen LogP contribution in [0.25, 0.3) is 6.08 Å². The van der Waals surface area contributed by atoms with E-state index in [1.807, 2.05) is 12.1 Å². The average molecular weight is 641 g/mol. The number of esters is 1. The quantitative estimate of drug-likeness (QED) is 0.175. The lowest BCUT2D eigenvalue weighted by Gasteiger charge is -2.24. The number of hydrogen-bond acceptors (Lipinski definition) is 9. The molecule has 0 saturated heterocycles. The third-order valence-corrected chi connectivity index (χ3v) is 8.12. The molecular formula is C35H32N2O8S. The fourth-order valence-electron chi connectivity index (χ4n) is 5.01. The number of aromatic carboxylic acids is 1. The molecular weight excluding hydrogens is 608 g/mol. The number of carboxylic acid groups (broad SMARTS) is 1. The first-order valence-electron chi connectivity index (χ1n) is 14.4. The highest BCUT2D eigenvalue weighted by Gasteiger charge is 2.33. The minimum atomic E-state index is -1.01. The van der Waals surface area contributed by atoms with E-state index < -0.39 is 18.0 Å². The lowest BCUT2D eigenvalue weighted by Crippen LogP contribution is -2.39. The van der Waals surface area contributed by atoms with E-state index in [4.69, 9.17) is 18.9 Å². The minimum Gasteiger partial charge on any atom is -0.493 e. The number of hydrogen-bond donors (Lipinski definition) is 1. The average Bonchev–Trinajstić information content (AvgIpc) is 3.36. The summed E-state index contributed by atoms with van der Waals surface area (Å²) in [5.41, 5.74) is 2.70.